The maximum atomic E-state index is 6.21. The third-order valence-electron chi connectivity index (χ3n) is 2.99. The van der Waals surface area contributed by atoms with Crippen molar-refractivity contribution >= 4 is 0 Å². The van der Waals surface area contributed by atoms with Gasteiger partial charge in [-0.15, -0.1) is 0 Å². The lowest BCUT2D eigenvalue weighted by Gasteiger charge is -2.13. The maximum Gasteiger partial charge on any atom is 0.137 e. The fourth-order valence-corrected chi connectivity index (χ4v) is 1.92. The van der Waals surface area contributed by atoms with E-state index in [-0.39, 0.29) is 6.04 Å². The molecule has 2 aromatic rings. The number of hydrogen-bond acceptors (Lipinski definition) is 4. The molecule has 0 radical (unpaired) electrons. The van der Waals surface area contributed by atoms with E-state index in [4.69, 9.17) is 15.2 Å². The van der Waals surface area contributed by atoms with Gasteiger partial charge in [-0.25, -0.2) is 0 Å². The first kappa shape index (κ1) is 13.4. The number of nitrogens with zero attached hydrogens (tertiary/aromatic N) is 1. The van der Waals surface area contributed by atoms with E-state index >= 15 is 0 Å². The highest BCUT2D eigenvalue weighted by Gasteiger charge is 2.09. The summed E-state index contributed by atoms with van der Waals surface area (Å²) in [5.74, 6) is 1.56. The second-order valence-electron chi connectivity index (χ2n) is 4.32. The first-order valence-corrected chi connectivity index (χ1v) is 6.10. The minimum atomic E-state index is -0.116. The molecule has 0 aliphatic carbocycles. The van der Waals surface area contributed by atoms with Crippen LogP contribution in [0.15, 0.2) is 42.7 Å². The lowest BCUT2D eigenvalue weighted by atomic mass is 10.0. The highest BCUT2D eigenvalue weighted by atomic mass is 16.5. The summed E-state index contributed by atoms with van der Waals surface area (Å²) in [6, 6.07) is 9.71. The van der Waals surface area contributed by atoms with Crippen molar-refractivity contribution in [1.82, 2.24) is 4.98 Å². The fourth-order valence-electron chi connectivity index (χ4n) is 1.92. The second kappa shape index (κ2) is 6.20. The molecule has 0 bridgehead atoms. The van der Waals surface area contributed by atoms with Gasteiger partial charge < -0.3 is 15.2 Å². The Kier molecular flexibility index (Phi) is 4.36. The van der Waals surface area contributed by atoms with Gasteiger partial charge in [0, 0.05) is 12.2 Å². The monoisotopic (exact) mass is 258 g/mol. The molecule has 1 heterocycles. The molecule has 0 saturated heterocycles. The number of pyridine rings is 1. The standard InChI is InChI=1S/C15H18N2O2/c1-18-13-5-3-4-11(6-13)7-15(16)12-8-14(19-2)10-17-9-12/h3-6,8-10,15H,7,16H2,1-2H3. The van der Waals surface area contributed by atoms with Crippen LogP contribution in [0, 0.1) is 0 Å². The second-order valence-corrected chi connectivity index (χ2v) is 4.32. The molecule has 1 aromatic carbocycles. The molecular weight excluding hydrogens is 240 g/mol. The Hall–Kier alpha value is -2.07. The van der Waals surface area contributed by atoms with Crippen molar-refractivity contribution in [1.29, 1.82) is 0 Å². The number of benzene rings is 1. The van der Waals surface area contributed by atoms with Gasteiger partial charge in [-0.1, -0.05) is 12.1 Å². The normalized spacial score (nSPS) is 11.9. The van der Waals surface area contributed by atoms with Crippen LogP contribution in [0.4, 0.5) is 0 Å². The molecule has 4 nitrogen and oxygen atoms in total. The predicted molar refractivity (Wildman–Crippen MR) is 74.4 cm³/mol. The highest BCUT2D eigenvalue weighted by Crippen LogP contribution is 2.21. The topological polar surface area (TPSA) is 57.4 Å². The van der Waals surface area contributed by atoms with Gasteiger partial charge in [-0.2, -0.15) is 0 Å². The minimum Gasteiger partial charge on any atom is -0.497 e. The van der Waals surface area contributed by atoms with Gasteiger partial charge in [0.05, 0.1) is 20.4 Å². The van der Waals surface area contributed by atoms with Crippen LogP contribution in [0.1, 0.15) is 17.2 Å². The van der Waals surface area contributed by atoms with Crippen LogP contribution < -0.4 is 15.2 Å². The minimum absolute atomic E-state index is 0.116. The van der Waals surface area contributed by atoms with Crippen LogP contribution in [-0.2, 0) is 6.42 Å². The summed E-state index contributed by atoms with van der Waals surface area (Å²) in [6.07, 6.45) is 4.17. The van der Waals surface area contributed by atoms with Gasteiger partial charge in [0.2, 0.25) is 0 Å². The van der Waals surface area contributed by atoms with Crippen LogP contribution in [0.25, 0.3) is 0 Å². The average molecular weight is 258 g/mol. The van der Waals surface area contributed by atoms with Crippen molar-refractivity contribution in [2.24, 2.45) is 5.73 Å². The molecule has 1 aromatic heterocycles. The molecule has 1 unspecified atom stereocenters. The number of methoxy groups -OCH3 is 2. The molecule has 4 heteroatoms. The van der Waals surface area contributed by atoms with Gasteiger partial charge in [0.1, 0.15) is 11.5 Å². The maximum absolute atomic E-state index is 6.21. The van der Waals surface area contributed by atoms with Crippen LogP contribution in [0.2, 0.25) is 0 Å². The number of hydrogen-bond donors (Lipinski definition) is 1. The summed E-state index contributed by atoms with van der Waals surface area (Å²) in [5, 5.41) is 0. The molecule has 0 amide bonds. The van der Waals surface area contributed by atoms with E-state index < -0.39 is 0 Å². The Bertz CT molecular complexity index is 543. The molecule has 0 saturated carbocycles. The van der Waals surface area contributed by atoms with E-state index in [2.05, 4.69) is 4.98 Å². The fraction of sp³-hybridized carbons (Fsp3) is 0.267. The molecule has 100 valence electrons. The number of ether oxygens (including phenoxy) is 2. The van der Waals surface area contributed by atoms with Crippen molar-refractivity contribution in [2.75, 3.05) is 14.2 Å². The lowest BCUT2D eigenvalue weighted by Crippen LogP contribution is -2.13. The van der Waals surface area contributed by atoms with Gasteiger partial charge in [-0.05, 0) is 35.7 Å². The summed E-state index contributed by atoms with van der Waals surface area (Å²) in [6.45, 7) is 0. The summed E-state index contributed by atoms with van der Waals surface area (Å²) in [7, 11) is 3.28. The van der Waals surface area contributed by atoms with E-state index in [9.17, 15) is 0 Å². The van der Waals surface area contributed by atoms with Gasteiger partial charge >= 0.3 is 0 Å². The van der Waals surface area contributed by atoms with Gasteiger partial charge in [0.25, 0.3) is 0 Å². The van der Waals surface area contributed by atoms with Crippen LogP contribution in [0.3, 0.4) is 0 Å². The summed E-state index contributed by atoms with van der Waals surface area (Å²) in [4.78, 5) is 4.12. The van der Waals surface area contributed by atoms with Crippen LogP contribution in [0.5, 0.6) is 11.5 Å². The Balaban J connectivity index is 2.13. The molecule has 0 aliphatic rings. The highest BCUT2D eigenvalue weighted by molar-refractivity contribution is 5.31. The number of rotatable bonds is 5. The molecule has 2 rings (SSSR count). The SMILES string of the molecule is COc1cccc(CC(N)c2cncc(OC)c2)c1. The Morgan fingerprint density at radius 3 is 2.63 bits per heavy atom. The largest absolute Gasteiger partial charge is 0.497 e. The molecule has 0 fully saturated rings. The third kappa shape index (κ3) is 3.45. The molecule has 0 spiro atoms. The average Bonchev–Trinajstić information content (AvgIpc) is 2.47. The van der Waals surface area contributed by atoms with E-state index in [0.29, 0.717) is 0 Å². The van der Waals surface area contributed by atoms with E-state index in [1.807, 2.05) is 30.3 Å². The number of nitrogens with two attached hydrogens (primary N) is 1. The molecule has 19 heavy (non-hydrogen) atoms. The van der Waals surface area contributed by atoms with Crippen molar-refractivity contribution in [2.45, 2.75) is 12.5 Å². The summed E-state index contributed by atoms with van der Waals surface area (Å²) < 4.78 is 10.4. The van der Waals surface area contributed by atoms with Gasteiger partial charge in [-0.3, -0.25) is 4.98 Å². The van der Waals surface area contributed by atoms with Crippen molar-refractivity contribution in [3.63, 3.8) is 0 Å². The molecule has 1 atom stereocenters. The Labute approximate surface area is 113 Å². The smallest absolute Gasteiger partial charge is 0.137 e. The first-order valence-electron chi connectivity index (χ1n) is 6.10. The summed E-state index contributed by atoms with van der Waals surface area (Å²) >= 11 is 0. The Morgan fingerprint density at radius 2 is 1.89 bits per heavy atom. The van der Waals surface area contributed by atoms with E-state index in [1.165, 1.54) is 0 Å². The zero-order valence-electron chi connectivity index (χ0n) is 11.2. The predicted octanol–water partition coefficient (Wildman–Crippen LogP) is 2.34. The number of aromatic nitrogens is 1. The zero-order valence-corrected chi connectivity index (χ0v) is 11.2. The lowest BCUT2D eigenvalue weighted by molar-refractivity contribution is 0.411. The third-order valence-corrected chi connectivity index (χ3v) is 2.99. The molecule has 0 aliphatic heterocycles. The molecular formula is C15H18N2O2. The Morgan fingerprint density at radius 1 is 1.11 bits per heavy atom. The molecule has 2 N–H and O–H groups in total. The van der Waals surface area contributed by atoms with E-state index in [1.54, 1.807) is 26.6 Å². The first-order chi connectivity index (χ1) is 9.22. The summed E-state index contributed by atoms with van der Waals surface area (Å²) in [5.41, 5.74) is 8.30. The quantitative estimate of drug-likeness (QED) is 0.894. The van der Waals surface area contributed by atoms with Crippen molar-refractivity contribution in [3.05, 3.63) is 53.9 Å². The van der Waals surface area contributed by atoms with Crippen molar-refractivity contribution < 1.29 is 9.47 Å². The van der Waals surface area contributed by atoms with E-state index in [0.717, 1.165) is 29.0 Å². The van der Waals surface area contributed by atoms with Crippen LogP contribution >= 0.6 is 0 Å². The van der Waals surface area contributed by atoms with Gasteiger partial charge in [0.15, 0.2) is 0 Å². The van der Waals surface area contributed by atoms with Crippen LogP contribution in [-0.4, -0.2) is 19.2 Å². The zero-order chi connectivity index (χ0) is 13.7. The van der Waals surface area contributed by atoms with Crippen molar-refractivity contribution in [3.8, 4) is 11.5 Å².